The lowest BCUT2D eigenvalue weighted by Crippen LogP contribution is -2.34. The van der Waals surface area contributed by atoms with Crippen LogP contribution in [0.5, 0.6) is 5.75 Å². The summed E-state index contributed by atoms with van der Waals surface area (Å²) < 4.78 is 5.56. The first-order chi connectivity index (χ1) is 11.2. The predicted molar refractivity (Wildman–Crippen MR) is 87.1 cm³/mol. The van der Waals surface area contributed by atoms with Gasteiger partial charge in [-0.1, -0.05) is 31.0 Å². The number of benzene rings is 1. The van der Waals surface area contributed by atoms with Crippen molar-refractivity contribution in [3.05, 3.63) is 29.8 Å². The van der Waals surface area contributed by atoms with Gasteiger partial charge < -0.3 is 15.0 Å². The van der Waals surface area contributed by atoms with Gasteiger partial charge in [0.25, 0.3) is 0 Å². The standard InChI is InChI=1S/C18H24N2O3/c21-17(9-10-18(22)20-11-5-1-2-6-12-20)19-15-13-23-16-8-4-3-7-14(15)16/h3-4,7-8,15H,1-2,5-6,9-13H2,(H,19,21). The molecule has 5 heteroatoms. The molecule has 1 aromatic rings. The highest BCUT2D eigenvalue weighted by molar-refractivity contribution is 5.84. The molecule has 1 unspecified atom stereocenters. The van der Waals surface area contributed by atoms with Gasteiger partial charge in [-0.2, -0.15) is 0 Å². The quantitative estimate of drug-likeness (QED) is 0.928. The zero-order valence-electron chi connectivity index (χ0n) is 13.4. The van der Waals surface area contributed by atoms with Crippen molar-refractivity contribution in [3.8, 4) is 5.75 Å². The van der Waals surface area contributed by atoms with Crippen LogP contribution in [0.4, 0.5) is 0 Å². The zero-order valence-corrected chi connectivity index (χ0v) is 13.4. The van der Waals surface area contributed by atoms with Gasteiger partial charge >= 0.3 is 0 Å². The maximum absolute atomic E-state index is 12.2. The van der Waals surface area contributed by atoms with Crippen LogP contribution in [0.1, 0.15) is 50.1 Å². The molecule has 1 atom stereocenters. The van der Waals surface area contributed by atoms with Crippen molar-refractivity contribution in [1.29, 1.82) is 0 Å². The van der Waals surface area contributed by atoms with E-state index < -0.39 is 0 Å². The van der Waals surface area contributed by atoms with Crippen LogP contribution in [0.2, 0.25) is 0 Å². The number of hydrogen-bond donors (Lipinski definition) is 1. The summed E-state index contributed by atoms with van der Waals surface area (Å²) >= 11 is 0. The minimum Gasteiger partial charge on any atom is -0.491 e. The molecule has 0 aromatic heterocycles. The number of carbonyl (C=O) groups excluding carboxylic acids is 2. The Kier molecular flexibility index (Phi) is 5.16. The highest BCUT2D eigenvalue weighted by atomic mass is 16.5. The van der Waals surface area contributed by atoms with Gasteiger partial charge in [-0.25, -0.2) is 0 Å². The lowest BCUT2D eigenvalue weighted by Gasteiger charge is -2.20. The largest absolute Gasteiger partial charge is 0.491 e. The molecule has 2 aliphatic rings. The Morgan fingerprint density at radius 1 is 1.09 bits per heavy atom. The molecule has 5 nitrogen and oxygen atoms in total. The number of ether oxygens (including phenoxy) is 1. The fourth-order valence-corrected chi connectivity index (χ4v) is 3.25. The first-order valence-corrected chi connectivity index (χ1v) is 8.53. The van der Waals surface area contributed by atoms with Crippen LogP contribution >= 0.6 is 0 Å². The molecule has 0 bridgehead atoms. The highest BCUT2D eigenvalue weighted by Gasteiger charge is 2.25. The number of amides is 2. The number of likely N-dealkylation sites (tertiary alicyclic amines) is 1. The molecule has 23 heavy (non-hydrogen) atoms. The Labute approximate surface area is 137 Å². The minimum atomic E-state index is -0.105. The van der Waals surface area contributed by atoms with E-state index in [1.54, 1.807) is 0 Å². The lowest BCUT2D eigenvalue weighted by molar-refractivity contribution is -0.133. The van der Waals surface area contributed by atoms with Crippen LogP contribution in [0.3, 0.4) is 0 Å². The topological polar surface area (TPSA) is 58.6 Å². The summed E-state index contributed by atoms with van der Waals surface area (Å²) in [6.07, 6.45) is 5.09. The first-order valence-electron chi connectivity index (χ1n) is 8.53. The van der Waals surface area contributed by atoms with Crippen molar-refractivity contribution >= 4 is 11.8 Å². The SMILES string of the molecule is O=C(CCC(=O)N1CCCCCC1)NC1COc2ccccc21. The average molecular weight is 316 g/mol. The number of fused-ring (bicyclic) bond motifs is 1. The van der Waals surface area contributed by atoms with Gasteiger partial charge in [0.2, 0.25) is 11.8 Å². The number of hydrogen-bond acceptors (Lipinski definition) is 3. The van der Waals surface area contributed by atoms with E-state index >= 15 is 0 Å². The molecule has 0 saturated carbocycles. The monoisotopic (exact) mass is 316 g/mol. The first kappa shape index (κ1) is 15.8. The van der Waals surface area contributed by atoms with Crippen molar-refractivity contribution in [2.45, 2.75) is 44.6 Å². The van der Waals surface area contributed by atoms with Gasteiger partial charge in [0.05, 0.1) is 6.04 Å². The molecular weight excluding hydrogens is 292 g/mol. The second-order valence-corrected chi connectivity index (χ2v) is 6.26. The Morgan fingerprint density at radius 3 is 2.61 bits per heavy atom. The smallest absolute Gasteiger partial charge is 0.223 e. The fourth-order valence-electron chi connectivity index (χ4n) is 3.25. The van der Waals surface area contributed by atoms with Gasteiger partial charge in [-0.15, -0.1) is 0 Å². The van der Waals surface area contributed by atoms with Gasteiger partial charge in [-0.05, 0) is 18.9 Å². The maximum Gasteiger partial charge on any atom is 0.223 e. The lowest BCUT2D eigenvalue weighted by atomic mass is 10.1. The van der Waals surface area contributed by atoms with E-state index in [4.69, 9.17) is 4.74 Å². The summed E-state index contributed by atoms with van der Waals surface area (Å²) in [5.41, 5.74) is 1.01. The van der Waals surface area contributed by atoms with E-state index in [2.05, 4.69) is 5.32 Å². The van der Waals surface area contributed by atoms with Gasteiger partial charge in [0, 0.05) is 31.5 Å². The third-order valence-corrected chi connectivity index (χ3v) is 4.56. The molecule has 0 aliphatic carbocycles. The molecule has 2 heterocycles. The second kappa shape index (κ2) is 7.49. The van der Waals surface area contributed by atoms with E-state index in [0.29, 0.717) is 13.0 Å². The normalized spacial score (nSPS) is 20.3. The molecule has 2 amide bonds. The Balaban J connectivity index is 1.46. The molecule has 1 aromatic carbocycles. The number of nitrogens with zero attached hydrogens (tertiary/aromatic N) is 1. The average Bonchev–Trinajstić information content (AvgIpc) is 2.79. The van der Waals surface area contributed by atoms with Gasteiger partial charge in [-0.3, -0.25) is 9.59 Å². The summed E-state index contributed by atoms with van der Waals surface area (Å²) in [4.78, 5) is 26.2. The number of rotatable bonds is 4. The molecule has 1 saturated heterocycles. The second-order valence-electron chi connectivity index (χ2n) is 6.26. The van der Waals surface area contributed by atoms with Crippen molar-refractivity contribution < 1.29 is 14.3 Å². The highest BCUT2D eigenvalue weighted by Crippen LogP contribution is 2.31. The minimum absolute atomic E-state index is 0.0847. The molecule has 1 N–H and O–H groups in total. The molecule has 0 spiro atoms. The Morgan fingerprint density at radius 2 is 1.83 bits per heavy atom. The van der Waals surface area contributed by atoms with Crippen molar-refractivity contribution in [2.24, 2.45) is 0 Å². The molecule has 3 rings (SSSR count). The molecular formula is C18H24N2O3. The molecule has 2 aliphatic heterocycles. The van der Waals surface area contributed by atoms with E-state index in [9.17, 15) is 9.59 Å². The van der Waals surface area contributed by atoms with Gasteiger partial charge in [0.15, 0.2) is 0 Å². The number of carbonyl (C=O) groups is 2. The summed E-state index contributed by atoms with van der Waals surface area (Å²) in [6, 6.07) is 7.63. The summed E-state index contributed by atoms with van der Waals surface area (Å²) in [6.45, 7) is 2.14. The summed E-state index contributed by atoms with van der Waals surface area (Å²) in [5.74, 6) is 0.849. The van der Waals surface area contributed by atoms with Crippen LogP contribution in [0.25, 0.3) is 0 Å². The van der Waals surface area contributed by atoms with E-state index in [1.165, 1.54) is 12.8 Å². The van der Waals surface area contributed by atoms with Crippen LogP contribution < -0.4 is 10.1 Å². The van der Waals surface area contributed by atoms with E-state index in [-0.39, 0.29) is 24.3 Å². The molecule has 124 valence electrons. The fraction of sp³-hybridized carbons (Fsp3) is 0.556. The van der Waals surface area contributed by atoms with Crippen molar-refractivity contribution in [2.75, 3.05) is 19.7 Å². The summed E-state index contributed by atoms with van der Waals surface area (Å²) in [7, 11) is 0. The third-order valence-electron chi connectivity index (χ3n) is 4.56. The van der Waals surface area contributed by atoms with Gasteiger partial charge in [0.1, 0.15) is 12.4 Å². The predicted octanol–water partition coefficient (Wildman–Crippen LogP) is 2.42. The maximum atomic E-state index is 12.2. The van der Waals surface area contributed by atoms with Crippen LogP contribution in [-0.2, 0) is 9.59 Å². The van der Waals surface area contributed by atoms with Crippen LogP contribution in [0, 0.1) is 0 Å². The molecule has 0 radical (unpaired) electrons. The molecule has 1 fully saturated rings. The van der Waals surface area contributed by atoms with E-state index in [1.807, 2.05) is 29.2 Å². The number of nitrogens with one attached hydrogen (secondary N) is 1. The van der Waals surface area contributed by atoms with Crippen molar-refractivity contribution in [1.82, 2.24) is 10.2 Å². The van der Waals surface area contributed by atoms with Crippen LogP contribution in [0.15, 0.2) is 24.3 Å². The van der Waals surface area contributed by atoms with E-state index in [0.717, 1.165) is 37.2 Å². The zero-order chi connectivity index (χ0) is 16.1. The summed E-state index contributed by atoms with van der Waals surface area (Å²) in [5, 5.41) is 2.97. The third kappa shape index (κ3) is 4.03. The van der Waals surface area contributed by atoms with Crippen molar-refractivity contribution in [3.63, 3.8) is 0 Å². The number of para-hydroxylation sites is 1. The van der Waals surface area contributed by atoms with Crippen LogP contribution in [-0.4, -0.2) is 36.4 Å². The Bertz CT molecular complexity index is 565. The Hall–Kier alpha value is -2.04.